The molecule has 1 aliphatic rings. The van der Waals surface area contributed by atoms with E-state index < -0.39 is 31.1 Å². The number of hydrogen-bond acceptors (Lipinski definition) is 5. The monoisotopic (exact) mass is 299 g/mol. The molecule has 2 N–H and O–H groups in total. The number of unbranched alkanes of at least 4 members (excludes halogenated alkanes) is 1. The van der Waals surface area contributed by atoms with E-state index in [0.717, 1.165) is 0 Å². The Morgan fingerprint density at radius 3 is 2.50 bits per heavy atom. The maximum atomic E-state index is 11.7. The molecule has 0 aromatic heterocycles. The third-order valence-electron chi connectivity index (χ3n) is 2.75. The van der Waals surface area contributed by atoms with E-state index in [4.69, 9.17) is 5.11 Å². The highest BCUT2D eigenvalue weighted by Crippen LogP contribution is 2.18. The van der Waals surface area contributed by atoms with Crippen LogP contribution in [0, 0.1) is 0 Å². The Bertz CT molecular complexity index is 495. The fourth-order valence-electron chi connectivity index (χ4n) is 1.74. The average Bonchev–Trinajstić information content (AvgIpc) is 2.58. The predicted molar refractivity (Wildman–Crippen MR) is 65.5 cm³/mol. The van der Waals surface area contributed by atoms with Crippen molar-refractivity contribution in [3.63, 3.8) is 0 Å². The van der Waals surface area contributed by atoms with Crippen LogP contribution >= 0.6 is 0 Å². The summed E-state index contributed by atoms with van der Waals surface area (Å²) < 4.78 is 48.1. The standard InChI is InChI=1S/C9H17NO6S2/c11-9(12)3-1-2-5-10-18(15,16)8-4-6-17(13,14)7-8/h8,10H,1-7H2,(H,11,12). The molecule has 0 amide bonds. The van der Waals surface area contributed by atoms with Crippen molar-refractivity contribution in [2.24, 2.45) is 0 Å². The summed E-state index contributed by atoms with van der Waals surface area (Å²) in [6.45, 7) is 0.145. The molecule has 0 aliphatic carbocycles. The third-order valence-corrected chi connectivity index (χ3v) is 6.62. The lowest BCUT2D eigenvalue weighted by atomic mass is 10.2. The fraction of sp³-hybridized carbons (Fsp3) is 0.889. The van der Waals surface area contributed by atoms with E-state index in [9.17, 15) is 21.6 Å². The van der Waals surface area contributed by atoms with Gasteiger partial charge < -0.3 is 5.11 Å². The van der Waals surface area contributed by atoms with Crippen LogP contribution in [-0.2, 0) is 24.7 Å². The van der Waals surface area contributed by atoms with Gasteiger partial charge in [-0.15, -0.1) is 0 Å². The zero-order valence-corrected chi connectivity index (χ0v) is 11.5. The van der Waals surface area contributed by atoms with E-state index >= 15 is 0 Å². The molecule has 1 unspecified atom stereocenters. The first kappa shape index (κ1) is 15.4. The van der Waals surface area contributed by atoms with Gasteiger partial charge in [0.15, 0.2) is 9.84 Å². The van der Waals surface area contributed by atoms with Gasteiger partial charge in [-0.1, -0.05) is 0 Å². The largest absolute Gasteiger partial charge is 0.481 e. The van der Waals surface area contributed by atoms with Gasteiger partial charge in [0, 0.05) is 13.0 Å². The molecule has 0 aromatic carbocycles. The minimum absolute atomic E-state index is 0.000461. The maximum Gasteiger partial charge on any atom is 0.303 e. The van der Waals surface area contributed by atoms with Crippen LogP contribution in [0.15, 0.2) is 0 Å². The SMILES string of the molecule is O=C(O)CCCCNS(=O)(=O)C1CCS(=O)(=O)C1. The average molecular weight is 299 g/mol. The smallest absolute Gasteiger partial charge is 0.303 e. The van der Waals surface area contributed by atoms with E-state index in [1.807, 2.05) is 0 Å². The molecule has 0 aromatic rings. The molecule has 7 nitrogen and oxygen atoms in total. The highest BCUT2D eigenvalue weighted by atomic mass is 32.2. The molecule has 1 heterocycles. The molecule has 0 spiro atoms. The number of carbonyl (C=O) groups is 1. The van der Waals surface area contributed by atoms with Crippen LogP contribution in [0.2, 0.25) is 0 Å². The zero-order valence-electron chi connectivity index (χ0n) is 9.83. The predicted octanol–water partition coefficient (Wildman–Crippen LogP) is -0.652. The van der Waals surface area contributed by atoms with Gasteiger partial charge in [0.25, 0.3) is 0 Å². The van der Waals surface area contributed by atoms with Crippen LogP contribution in [0.5, 0.6) is 0 Å². The minimum Gasteiger partial charge on any atom is -0.481 e. The van der Waals surface area contributed by atoms with Crippen LogP contribution in [0.3, 0.4) is 0 Å². The molecular formula is C9H17NO6S2. The molecule has 1 rings (SSSR count). The van der Waals surface area contributed by atoms with Gasteiger partial charge in [-0.3, -0.25) is 4.79 Å². The lowest BCUT2D eigenvalue weighted by Gasteiger charge is -2.10. The second-order valence-electron chi connectivity index (χ2n) is 4.32. The summed E-state index contributed by atoms with van der Waals surface area (Å²) in [6.07, 6.45) is 0.943. The van der Waals surface area contributed by atoms with Crippen molar-refractivity contribution in [2.45, 2.75) is 30.9 Å². The first-order chi connectivity index (χ1) is 8.23. The Morgan fingerprint density at radius 1 is 1.33 bits per heavy atom. The van der Waals surface area contributed by atoms with Crippen LogP contribution < -0.4 is 4.72 Å². The Balaban J connectivity index is 2.35. The van der Waals surface area contributed by atoms with Gasteiger partial charge in [-0.2, -0.15) is 0 Å². The molecule has 18 heavy (non-hydrogen) atoms. The lowest BCUT2D eigenvalue weighted by Crippen LogP contribution is -2.35. The molecule has 1 atom stereocenters. The van der Waals surface area contributed by atoms with Crippen molar-refractivity contribution in [1.82, 2.24) is 4.72 Å². The number of hydrogen-bond donors (Lipinski definition) is 2. The number of carboxylic acids is 1. The second-order valence-corrected chi connectivity index (χ2v) is 8.59. The zero-order chi connectivity index (χ0) is 13.8. The molecule has 9 heteroatoms. The van der Waals surface area contributed by atoms with Gasteiger partial charge in [-0.05, 0) is 19.3 Å². The number of sulfone groups is 1. The van der Waals surface area contributed by atoms with Crippen molar-refractivity contribution in [2.75, 3.05) is 18.1 Å². The summed E-state index contributed by atoms with van der Waals surface area (Å²) in [7, 11) is -6.83. The maximum absolute atomic E-state index is 11.7. The normalized spacial score (nSPS) is 23.0. The van der Waals surface area contributed by atoms with Gasteiger partial charge >= 0.3 is 5.97 Å². The first-order valence-electron chi connectivity index (χ1n) is 5.64. The van der Waals surface area contributed by atoms with Crippen LogP contribution in [0.4, 0.5) is 0 Å². The third kappa shape index (κ3) is 4.91. The number of nitrogens with one attached hydrogen (secondary N) is 1. The topological polar surface area (TPSA) is 118 Å². The van der Waals surface area contributed by atoms with E-state index in [2.05, 4.69) is 4.72 Å². The summed E-state index contributed by atoms with van der Waals surface area (Å²) in [5.41, 5.74) is 0. The summed E-state index contributed by atoms with van der Waals surface area (Å²) in [5.74, 6) is -1.32. The summed E-state index contributed by atoms with van der Waals surface area (Å²) in [4.78, 5) is 10.2. The van der Waals surface area contributed by atoms with Crippen molar-refractivity contribution in [1.29, 1.82) is 0 Å². The lowest BCUT2D eigenvalue weighted by molar-refractivity contribution is -0.137. The van der Waals surface area contributed by atoms with Crippen molar-refractivity contribution < 1.29 is 26.7 Å². The van der Waals surface area contributed by atoms with Gasteiger partial charge in [0.05, 0.1) is 16.8 Å². The fourth-order valence-corrected chi connectivity index (χ4v) is 5.86. The first-order valence-corrected chi connectivity index (χ1v) is 9.00. The Labute approximate surface area is 107 Å². The minimum atomic E-state index is -3.61. The molecular weight excluding hydrogens is 282 g/mol. The van der Waals surface area contributed by atoms with Crippen LogP contribution in [0.25, 0.3) is 0 Å². The molecule has 0 radical (unpaired) electrons. The van der Waals surface area contributed by atoms with Crippen molar-refractivity contribution >= 4 is 25.8 Å². The van der Waals surface area contributed by atoms with E-state index in [0.29, 0.717) is 12.8 Å². The Morgan fingerprint density at radius 2 is 2.00 bits per heavy atom. The van der Waals surface area contributed by atoms with E-state index in [1.54, 1.807) is 0 Å². The van der Waals surface area contributed by atoms with E-state index in [1.165, 1.54) is 0 Å². The highest BCUT2D eigenvalue weighted by molar-refractivity contribution is 7.95. The quantitative estimate of drug-likeness (QED) is 0.603. The van der Waals surface area contributed by atoms with E-state index in [-0.39, 0.29) is 30.9 Å². The Hall–Kier alpha value is -0.670. The van der Waals surface area contributed by atoms with Gasteiger partial charge in [0.2, 0.25) is 10.0 Å². The van der Waals surface area contributed by atoms with Crippen LogP contribution in [0.1, 0.15) is 25.7 Å². The second kappa shape index (κ2) is 5.98. The molecule has 1 saturated heterocycles. The highest BCUT2D eigenvalue weighted by Gasteiger charge is 2.36. The Kier molecular flexibility index (Phi) is 5.11. The summed E-state index contributed by atoms with van der Waals surface area (Å²) in [6, 6.07) is 0. The number of aliphatic carboxylic acids is 1. The molecule has 1 aliphatic heterocycles. The van der Waals surface area contributed by atoms with Gasteiger partial charge in [0.1, 0.15) is 0 Å². The number of carboxylic acid groups (broad SMARTS) is 1. The molecule has 0 bridgehead atoms. The molecule has 1 fully saturated rings. The van der Waals surface area contributed by atoms with Crippen molar-refractivity contribution in [3.05, 3.63) is 0 Å². The molecule has 0 saturated carbocycles. The number of rotatable bonds is 7. The van der Waals surface area contributed by atoms with Gasteiger partial charge in [-0.25, -0.2) is 21.6 Å². The number of sulfonamides is 1. The van der Waals surface area contributed by atoms with Crippen molar-refractivity contribution in [3.8, 4) is 0 Å². The summed E-state index contributed by atoms with van der Waals surface area (Å²) >= 11 is 0. The summed E-state index contributed by atoms with van der Waals surface area (Å²) in [5, 5.41) is 7.52. The molecule has 106 valence electrons. The van der Waals surface area contributed by atoms with Crippen LogP contribution in [-0.4, -0.2) is 51.2 Å².